The second kappa shape index (κ2) is 10.5. The maximum absolute atomic E-state index is 11.9. The SMILES string of the molecule is CCOC(=O)N1CCN(c2ccnc3[nH]c(-c4ccccc4)cc23)CC1.OC1CCOC1. The largest absolute Gasteiger partial charge is 0.450 e. The van der Waals surface area contributed by atoms with E-state index >= 15 is 0 Å². The van der Waals surface area contributed by atoms with Gasteiger partial charge in [-0.15, -0.1) is 0 Å². The second-order valence-corrected chi connectivity index (χ2v) is 7.83. The van der Waals surface area contributed by atoms with Crippen molar-refractivity contribution < 1.29 is 19.4 Å². The van der Waals surface area contributed by atoms with Gasteiger partial charge in [0.25, 0.3) is 0 Å². The lowest BCUT2D eigenvalue weighted by Crippen LogP contribution is -2.49. The van der Waals surface area contributed by atoms with Crippen molar-refractivity contribution in [3.63, 3.8) is 0 Å². The first-order valence-corrected chi connectivity index (χ1v) is 11.1. The average Bonchev–Trinajstić information content (AvgIpc) is 3.49. The summed E-state index contributed by atoms with van der Waals surface area (Å²) in [6, 6.07) is 14.5. The molecule has 0 spiro atoms. The van der Waals surface area contributed by atoms with Gasteiger partial charge < -0.3 is 29.4 Å². The minimum Gasteiger partial charge on any atom is -0.450 e. The van der Waals surface area contributed by atoms with Crippen LogP contribution in [0.3, 0.4) is 0 Å². The number of aromatic nitrogens is 2. The Hall–Kier alpha value is -3.10. The van der Waals surface area contributed by atoms with Crippen LogP contribution in [0.1, 0.15) is 13.3 Å². The molecule has 8 nitrogen and oxygen atoms in total. The zero-order valence-corrected chi connectivity index (χ0v) is 18.4. The van der Waals surface area contributed by atoms with Gasteiger partial charge in [0.2, 0.25) is 0 Å². The third-order valence-corrected chi connectivity index (χ3v) is 5.65. The number of ether oxygens (including phenoxy) is 2. The number of H-pyrrole nitrogens is 1. The highest BCUT2D eigenvalue weighted by Gasteiger charge is 2.23. The molecular weight excluding hydrogens is 408 g/mol. The van der Waals surface area contributed by atoms with Crippen LogP contribution >= 0.6 is 0 Å². The van der Waals surface area contributed by atoms with E-state index in [2.05, 4.69) is 33.1 Å². The fraction of sp³-hybridized carbons (Fsp3) is 0.417. The Kier molecular flexibility index (Phi) is 7.24. The summed E-state index contributed by atoms with van der Waals surface area (Å²) in [5, 5.41) is 9.71. The van der Waals surface area contributed by atoms with Crippen molar-refractivity contribution in [1.29, 1.82) is 0 Å². The molecule has 8 heteroatoms. The van der Waals surface area contributed by atoms with Crippen LogP contribution < -0.4 is 4.90 Å². The van der Waals surface area contributed by atoms with Gasteiger partial charge in [-0.05, 0) is 31.0 Å². The van der Waals surface area contributed by atoms with Crippen LogP contribution in [0.5, 0.6) is 0 Å². The van der Waals surface area contributed by atoms with Crippen molar-refractivity contribution in [2.45, 2.75) is 19.4 Å². The van der Waals surface area contributed by atoms with Crippen molar-refractivity contribution in [3.05, 3.63) is 48.7 Å². The molecule has 0 saturated carbocycles. The van der Waals surface area contributed by atoms with Gasteiger partial charge in [-0.2, -0.15) is 0 Å². The fourth-order valence-electron chi connectivity index (χ4n) is 3.93. The van der Waals surface area contributed by atoms with Crippen LogP contribution in [0.15, 0.2) is 48.7 Å². The Morgan fingerprint density at radius 2 is 2.00 bits per heavy atom. The van der Waals surface area contributed by atoms with Crippen molar-refractivity contribution in [3.8, 4) is 11.3 Å². The molecule has 1 atom stereocenters. The van der Waals surface area contributed by atoms with Gasteiger partial charge in [-0.1, -0.05) is 30.3 Å². The summed E-state index contributed by atoms with van der Waals surface area (Å²) in [6.07, 6.45) is 2.26. The molecule has 32 heavy (non-hydrogen) atoms. The van der Waals surface area contributed by atoms with E-state index in [0.717, 1.165) is 54.1 Å². The number of carbonyl (C=O) groups excluding carboxylic acids is 1. The molecule has 1 aromatic carbocycles. The Morgan fingerprint density at radius 3 is 2.62 bits per heavy atom. The molecule has 5 rings (SSSR count). The molecule has 0 bridgehead atoms. The number of aromatic amines is 1. The highest BCUT2D eigenvalue weighted by Crippen LogP contribution is 2.30. The number of piperazine rings is 1. The van der Waals surface area contributed by atoms with Gasteiger partial charge in [0.05, 0.1) is 19.3 Å². The molecule has 4 heterocycles. The van der Waals surface area contributed by atoms with Crippen molar-refractivity contribution in [1.82, 2.24) is 14.9 Å². The van der Waals surface area contributed by atoms with Gasteiger partial charge in [0, 0.05) is 55.8 Å². The summed E-state index contributed by atoms with van der Waals surface area (Å²) < 4.78 is 9.91. The molecule has 2 saturated heterocycles. The normalized spacial score (nSPS) is 18.4. The monoisotopic (exact) mass is 438 g/mol. The lowest BCUT2D eigenvalue weighted by Gasteiger charge is -2.35. The number of nitrogens with zero attached hydrogens (tertiary/aromatic N) is 3. The number of anilines is 1. The second-order valence-electron chi connectivity index (χ2n) is 7.83. The zero-order chi connectivity index (χ0) is 22.3. The fourth-order valence-corrected chi connectivity index (χ4v) is 3.93. The zero-order valence-electron chi connectivity index (χ0n) is 18.4. The van der Waals surface area contributed by atoms with Crippen LogP contribution in [-0.4, -0.2) is 78.2 Å². The number of rotatable bonds is 3. The maximum Gasteiger partial charge on any atom is 0.409 e. The Labute approximate surface area is 187 Å². The molecule has 0 radical (unpaired) electrons. The van der Waals surface area contributed by atoms with E-state index in [1.807, 2.05) is 37.4 Å². The number of nitrogens with one attached hydrogen (secondary N) is 1. The Morgan fingerprint density at radius 1 is 1.22 bits per heavy atom. The Balaban J connectivity index is 0.000000354. The van der Waals surface area contributed by atoms with E-state index in [1.54, 1.807) is 4.90 Å². The van der Waals surface area contributed by atoms with Gasteiger partial charge in [0.15, 0.2) is 0 Å². The third-order valence-electron chi connectivity index (χ3n) is 5.65. The quantitative estimate of drug-likeness (QED) is 0.652. The number of benzene rings is 1. The first-order chi connectivity index (χ1) is 15.7. The van der Waals surface area contributed by atoms with E-state index in [9.17, 15) is 4.79 Å². The van der Waals surface area contributed by atoms with E-state index in [-0.39, 0.29) is 12.2 Å². The van der Waals surface area contributed by atoms with E-state index in [0.29, 0.717) is 26.3 Å². The van der Waals surface area contributed by atoms with Gasteiger partial charge in [-0.25, -0.2) is 9.78 Å². The molecule has 2 N–H and O–H groups in total. The molecular formula is C24H30N4O4. The minimum atomic E-state index is -0.222. The number of pyridine rings is 1. The van der Waals surface area contributed by atoms with Crippen LogP contribution in [-0.2, 0) is 9.47 Å². The third kappa shape index (κ3) is 5.20. The topological polar surface area (TPSA) is 90.9 Å². The van der Waals surface area contributed by atoms with Crippen LogP contribution in [0, 0.1) is 0 Å². The van der Waals surface area contributed by atoms with Gasteiger partial charge in [0.1, 0.15) is 5.65 Å². The first kappa shape index (κ1) is 22.1. The molecule has 1 unspecified atom stereocenters. The molecule has 2 aliphatic heterocycles. The molecule has 0 aliphatic carbocycles. The summed E-state index contributed by atoms with van der Waals surface area (Å²) in [6.45, 7) is 6.42. The number of amides is 1. The Bertz CT molecular complexity index is 1010. The first-order valence-electron chi connectivity index (χ1n) is 11.1. The molecule has 170 valence electrons. The molecule has 3 aromatic rings. The highest BCUT2D eigenvalue weighted by atomic mass is 16.6. The van der Waals surface area contributed by atoms with Gasteiger partial charge >= 0.3 is 6.09 Å². The summed E-state index contributed by atoms with van der Waals surface area (Å²) in [5.74, 6) is 0. The number of aliphatic hydroxyl groups excluding tert-OH is 1. The summed E-state index contributed by atoms with van der Waals surface area (Å²) in [4.78, 5) is 23.9. The number of fused-ring (bicyclic) bond motifs is 1. The molecule has 1 amide bonds. The molecule has 2 aliphatic rings. The van der Waals surface area contributed by atoms with Crippen LogP contribution in [0.4, 0.5) is 10.5 Å². The van der Waals surface area contributed by atoms with Crippen LogP contribution in [0.2, 0.25) is 0 Å². The molecule has 2 aromatic heterocycles. The standard InChI is InChI=1S/C20H22N4O2.C4H8O2/c1-2-26-20(25)24-12-10-23(11-13-24)18-8-9-21-19-16(18)14-17(22-19)15-6-4-3-5-7-15;5-4-1-2-6-3-4/h3-9,14H,2,10-13H2,1H3,(H,21,22);4-5H,1-3H2. The van der Waals surface area contributed by atoms with Crippen LogP contribution in [0.25, 0.3) is 22.3 Å². The van der Waals surface area contributed by atoms with E-state index < -0.39 is 0 Å². The highest BCUT2D eigenvalue weighted by molar-refractivity contribution is 5.93. The lowest BCUT2D eigenvalue weighted by atomic mass is 10.1. The number of hydrogen-bond acceptors (Lipinski definition) is 6. The smallest absolute Gasteiger partial charge is 0.409 e. The van der Waals surface area contributed by atoms with E-state index in [4.69, 9.17) is 14.6 Å². The number of aliphatic hydroxyl groups is 1. The summed E-state index contributed by atoms with van der Waals surface area (Å²) in [5.41, 5.74) is 4.24. The van der Waals surface area contributed by atoms with Crippen molar-refractivity contribution >= 4 is 22.8 Å². The maximum atomic E-state index is 11.9. The van der Waals surface area contributed by atoms with Gasteiger partial charge in [-0.3, -0.25) is 0 Å². The van der Waals surface area contributed by atoms with E-state index in [1.165, 1.54) is 0 Å². The number of hydrogen-bond donors (Lipinski definition) is 2. The number of carbonyl (C=O) groups is 1. The van der Waals surface area contributed by atoms with Crippen molar-refractivity contribution in [2.75, 3.05) is 50.9 Å². The lowest BCUT2D eigenvalue weighted by molar-refractivity contribution is 0.105. The average molecular weight is 439 g/mol. The minimum absolute atomic E-state index is 0.176. The molecule has 2 fully saturated rings. The van der Waals surface area contributed by atoms with Crippen molar-refractivity contribution in [2.24, 2.45) is 0 Å². The summed E-state index contributed by atoms with van der Waals surface area (Å²) >= 11 is 0. The predicted octanol–water partition coefficient (Wildman–Crippen LogP) is 3.28. The summed E-state index contributed by atoms with van der Waals surface area (Å²) in [7, 11) is 0. The predicted molar refractivity (Wildman–Crippen MR) is 124 cm³/mol.